The minimum absolute atomic E-state index is 0.142. The molecule has 0 saturated carbocycles. The van der Waals surface area contributed by atoms with Crippen molar-refractivity contribution in [2.24, 2.45) is 0 Å². The smallest absolute Gasteiger partial charge is 0.262 e. The van der Waals surface area contributed by atoms with Gasteiger partial charge in [-0.2, -0.15) is 0 Å². The van der Waals surface area contributed by atoms with Gasteiger partial charge in [-0.15, -0.1) is 0 Å². The fourth-order valence-corrected chi connectivity index (χ4v) is 3.15. The van der Waals surface area contributed by atoms with Gasteiger partial charge in [-0.05, 0) is 35.0 Å². The van der Waals surface area contributed by atoms with Gasteiger partial charge < -0.3 is 14.8 Å². The lowest BCUT2D eigenvalue weighted by molar-refractivity contribution is -0.119. The lowest BCUT2D eigenvalue weighted by Gasteiger charge is -2.21. The van der Waals surface area contributed by atoms with E-state index in [4.69, 9.17) is 9.47 Å². The van der Waals surface area contributed by atoms with E-state index in [1.165, 1.54) is 4.90 Å². The molecule has 1 aliphatic heterocycles. The average Bonchev–Trinajstić information content (AvgIpc) is 2.82. The van der Waals surface area contributed by atoms with Crippen LogP contribution in [0.4, 0.5) is 5.69 Å². The number of anilines is 1. The summed E-state index contributed by atoms with van der Waals surface area (Å²) in [5.74, 6) is 0.111. The van der Waals surface area contributed by atoms with Gasteiger partial charge in [0.05, 0.1) is 12.2 Å². The van der Waals surface area contributed by atoms with Crippen molar-refractivity contribution in [2.45, 2.75) is 0 Å². The van der Waals surface area contributed by atoms with Crippen LogP contribution in [-0.4, -0.2) is 43.6 Å². The maximum Gasteiger partial charge on any atom is 0.262 e. The van der Waals surface area contributed by atoms with E-state index < -0.39 is 0 Å². The molecule has 1 N–H and O–H groups in total. The molecule has 0 aliphatic carbocycles. The molecule has 2 aromatic carbocycles. The predicted octanol–water partition coefficient (Wildman–Crippen LogP) is 2.75. The second-order valence-electron chi connectivity index (χ2n) is 6.36. The van der Waals surface area contributed by atoms with E-state index >= 15 is 0 Å². The zero-order valence-corrected chi connectivity index (χ0v) is 15.3. The molecule has 0 atom stereocenters. The Hall–Kier alpha value is -3.45. The van der Waals surface area contributed by atoms with Crippen LogP contribution in [0.25, 0.3) is 10.8 Å². The summed E-state index contributed by atoms with van der Waals surface area (Å²) in [6, 6.07) is 14.8. The first-order chi connectivity index (χ1) is 13.7. The summed E-state index contributed by atoms with van der Waals surface area (Å²) in [6.07, 6.45) is 1.59. The number of nitrogens with one attached hydrogen (secondary N) is 1. The Morgan fingerprint density at radius 3 is 2.75 bits per heavy atom. The van der Waals surface area contributed by atoms with Crippen LogP contribution in [0.2, 0.25) is 0 Å². The summed E-state index contributed by atoms with van der Waals surface area (Å²) >= 11 is 0. The number of benzene rings is 2. The number of methoxy groups -OCH3 is 1. The Morgan fingerprint density at radius 2 is 1.96 bits per heavy atom. The van der Waals surface area contributed by atoms with Gasteiger partial charge in [0.2, 0.25) is 11.8 Å². The molecule has 7 heteroatoms. The molecule has 0 unspecified atom stereocenters. The van der Waals surface area contributed by atoms with Gasteiger partial charge in [0.1, 0.15) is 18.0 Å². The van der Waals surface area contributed by atoms with Crippen molar-refractivity contribution >= 4 is 28.3 Å². The Labute approximate surface area is 161 Å². The quantitative estimate of drug-likeness (QED) is 0.692. The van der Waals surface area contributed by atoms with E-state index in [9.17, 15) is 9.59 Å². The Bertz CT molecular complexity index is 1050. The number of ether oxygens (including phenoxy) is 2. The number of hydrogen-bond acceptors (Lipinski definition) is 5. The molecule has 0 radical (unpaired) electrons. The Balaban J connectivity index is 1.75. The highest BCUT2D eigenvalue weighted by atomic mass is 16.5. The van der Waals surface area contributed by atoms with Crippen molar-refractivity contribution in [3.8, 4) is 11.6 Å². The maximum absolute atomic E-state index is 13.3. The predicted molar refractivity (Wildman–Crippen MR) is 105 cm³/mol. The van der Waals surface area contributed by atoms with Gasteiger partial charge in [0.15, 0.2) is 0 Å². The van der Waals surface area contributed by atoms with Crippen molar-refractivity contribution in [1.82, 2.24) is 10.3 Å². The van der Waals surface area contributed by atoms with E-state index in [0.717, 1.165) is 10.8 Å². The molecule has 2 amide bonds. The number of rotatable bonds is 5. The molecule has 7 nitrogen and oxygen atoms in total. The van der Waals surface area contributed by atoms with Crippen LogP contribution in [0.15, 0.2) is 54.7 Å². The van der Waals surface area contributed by atoms with E-state index in [-0.39, 0.29) is 24.2 Å². The molecule has 4 rings (SSSR count). The second kappa shape index (κ2) is 7.66. The van der Waals surface area contributed by atoms with Crippen LogP contribution in [-0.2, 0) is 9.53 Å². The van der Waals surface area contributed by atoms with Gasteiger partial charge in [0, 0.05) is 19.9 Å². The normalized spacial score (nSPS) is 12.8. The molecule has 0 fully saturated rings. The van der Waals surface area contributed by atoms with Crippen molar-refractivity contribution in [1.29, 1.82) is 0 Å². The minimum atomic E-state index is -0.311. The Kier molecular flexibility index (Phi) is 4.90. The van der Waals surface area contributed by atoms with Crippen LogP contribution >= 0.6 is 0 Å². The van der Waals surface area contributed by atoms with Gasteiger partial charge in [-0.3, -0.25) is 14.5 Å². The van der Waals surface area contributed by atoms with Gasteiger partial charge in [0.25, 0.3) is 5.91 Å². The summed E-state index contributed by atoms with van der Waals surface area (Å²) in [4.78, 5) is 31.3. The van der Waals surface area contributed by atoms with E-state index in [1.54, 1.807) is 31.5 Å². The van der Waals surface area contributed by atoms with Crippen molar-refractivity contribution in [3.05, 3.63) is 60.3 Å². The third-order valence-corrected chi connectivity index (χ3v) is 4.50. The molecule has 1 aliphatic rings. The van der Waals surface area contributed by atoms with E-state index in [0.29, 0.717) is 30.2 Å². The molecule has 28 heavy (non-hydrogen) atoms. The Morgan fingerprint density at radius 1 is 1.18 bits per heavy atom. The molecule has 1 aromatic heterocycles. The first-order valence-electron chi connectivity index (χ1n) is 8.90. The third kappa shape index (κ3) is 3.39. The minimum Gasteiger partial charge on any atom is -0.436 e. The van der Waals surface area contributed by atoms with E-state index in [1.807, 2.05) is 30.3 Å². The highest BCUT2D eigenvalue weighted by molar-refractivity contribution is 6.13. The lowest BCUT2D eigenvalue weighted by Crippen LogP contribution is -2.41. The lowest BCUT2D eigenvalue weighted by atomic mass is 10.0. The fraction of sp³-hybridized carbons (Fsp3) is 0.190. The molecular weight excluding hydrogens is 358 g/mol. The molecular formula is C21H19N3O4. The number of carbonyl (C=O) groups is 2. The summed E-state index contributed by atoms with van der Waals surface area (Å²) < 4.78 is 10.9. The van der Waals surface area contributed by atoms with Crippen LogP contribution in [0, 0.1) is 0 Å². The first kappa shape index (κ1) is 17.9. The maximum atomic E-state index is 13.3. The zero-order chi connectivity index (χ0) is 19.5. The number of nitrogens with zero attached hydrogens (tertiary/aromatic N) is 2. The molecule has 3 aromatic rings. The highest BCUT2D eigenvalue weighted by Crippen LogP contribution is 2.38. The largest absolute Gasteiger partial charge is 0.436 e. The number of fused-ring (bicyclic) bond motifs is 3. The third-order valence-electron chi connectivity index (χ3n) is 4.50. The van der Waals surface area contributed by atoms with Crippen LogP contribution in [0.3, 0.4) is 0 Å². The number of pyridine rings is 1. The van der Waals surface area contributed by atoms with Gasteiger partial charge >= 0.3 is 0 Å². The van der Waals surface area contributed by atoms with Crippen molar-refractivity contribution < 1.29 is 19.1 Å². The van der Waals surface area contributed by atoms with Crippen LogP contribution in [0.5, 0.6) is 11.6 Å². The SMILES string of the molecule is COCCNC(=O)CN1C(=O)c2cc3ccccc3cc2Oc2ncccc21. The van der Waals surface area contributed by atoms with E-state index in [2.05, 4.69) is 10.3 Å². The summed E-state index contributed by atoms with van der Waals surface area (Å²) in [6.45, 7) is 0.627. The summed E-state index contributed by atoms with van der Waals surface area (Å²) in [5.41, 5.74) is 0.844. The van der Waals surface area contributed by atoms with Crippen molar-refractivity contribution in [2.75, 3.05) is 31.7 Å². The van der Waals surface area contributed by atoms with Gasteiger partial charge in [-0.1, -0.05) is 24.3 Å². The molecule has 142 valence electrons. The number of carbonyl (C=O) groups excluding carboxylic acids is 2. The molecule has 0 spiro atoms. The van der Waals surface area contributed by atoms with Crippen LogP contribution in [0.1, 0.15) is 10.4 Å². The monoisotopic (exact) mass is 377 g/mol. The number of amides is 2. The fourth-order valence-electron chi connectivity index (χ4n) is 3.15. The zero-order valence-electron chi connectivity index (χ0n) is 15.3. The summed E-state index contributed by atoms with van der Waals surface area (Å²) in [5, 5.41) is 4.61. The van der Waals surface area contributed by atoms with Crippen LogP contribution < -0.4 is 15.0 Å². The topological polar surface area (TPSA) is 80.8 Å². The van der Waals surface area contributed by atoms with Gasteiger partial charge in [-0.25, -0.2) is 4.98 Å². The summed E-state index contributed by atoms with van der Waals surface area (Å²) in [7, 11) is 1.56. The number of aromatic nitrogens is 1. The molecule has 0 bridgehead atoms. The standard InChI is InChI=1S/C21H19N3O4/c1-27-10-9-22-19(25)13-24-17-7-4-8-23-20(17)28-18-12-15-6-3-2-5-14(15)11-16(18)21(24)26/h2-8,11-12H,9-10,13H2,1H3,(H,22,25). The molecule has 0 saturated heterocycles. The van der Waals surface area contributed by atoms with Crippen molar-refractivity contribution in [3.63, 3.8) is 0 Å². The highest BCUT2D eigenvalue weighted by Gasteiger charge is 2.30. The molecule has 2 heterocycles. The first-order valence-corrected chi connectivity index (χ1v) is 8.90. The average molecular weight is 377 g/mol. The second-order valence-corrected chi connectivity index (χ2v) is 6.36. The number of hydrogen-bond donors (Lipinski definition) is 1.